The summed E-state index contributed by atoms with van der Waals surface area (Å²) in [6.07, 6.45) is 0.687. The minimum atomic E-state index is -0.294. The van der Waals surface area contributed by atoms with Crippen molar-refractivity contribution in [1.82, 2.24) is 5.32 Å². The molecule has 0 fully saturated rings. The molecule has 0 aromatic heterocycles. The van der Waals surface area contributed by atoms with Gasteiger partial charge in [-0.3, -0.25) is 0 Å². The van der Waals surface area contributed by atoms with E-state index in [-0.39, 0.29) is 10.8 Å². The van der Waals surface area contributed by atoms with E-state index in [1.165, 1.54) is 0 Å². The zero-order chi connectivity index (χ0) is 12.7. The molecule has 0 saturated carbocycles. The summed E-state index contributed by atoms with van der Waals surface area (Å²) in [7, 11) is 1.67. The molecule has 2 nitrogen and oxygen atoms in total. The number of rotatable bonds is 7. The fourth-order valence-electron chi connectivity index (χ4n) is 1.68. The van der Waals surface area contributed by atoms with Gasteiger partial charge in [0.05, 0.1) is 11.6 Å². The van der Waals surface area contributed by atoms with Gasteiger partial charge in [0.25, 0.3) is 0 Å². The van der Waals surface area contributed by atoms with Gasteiger partial charge in [0.15, 0.2) is 0 Å². The highest BCUT2D eigenvalue weighted by atomic mass is 35.5. The van der Waals surface area contributed by atoms with Crippen LogP contribution in [-0.4, -0.2) is 26.8 Å². The number of ether oxygens (including phenoxy) is 1. The van der Waals surface area contributed by atoms with Crippen LogP contribution in [0, 0.1) is 11.7 Å². The standard InChI is InChI=1S/C13H19ClFNO/c1-10(9-16-6-7-17-2)8-11-4-3-5-12(14)13(11)15/h3-5,10,16H,6-9H2,1-2H3. The highest BCUT2D eigenvalue weighted by Crippen LogP contribution is 2.20. The third-order valence-electron chi connectivity index (χ3n) is 2.58. The molecule has 1 rings (SSSR count). The second-order valence-electron chi connectivity index (χ2n) is 4.22. The average Bonchev–Trinajstić information content (AvgIpc) is 2.31. The van der Waals surface area contributed by atoms with E-state index in [0.29, 0.717) is 24.5 Å². The Bertz CT molecular complexity index is 346. The Morgan fingerprint density at radius 3 is 2.94 bits per heavy atom. The quantitative estimate of drug-likeness (QED) is 0.761. The summed E-state index contributed by atoms with van der Waals surface area (Å²) in [5.41, 5.74) is 0.679. The van der Waals surface area contributed by atoms with Crippen molar-refractivity contribution in [2.75, 3.05) is 26.8 Å². The molecule has 1 aromatic rings. The molecular formula is C13H19ClFNO. The molecule has 4 heteroatoms. The second-order valence-corrected chi connectivity index (χ2v) is 4.63. The minimum absolute atomic E-state index is 0.196. The monoisotopic (exact) mass is 259 g/mol. The van der Waals surface area contributed by atoms with Crippen molar-refractivity contribution in [2.24, 2.45) is 5.92 Å². The van der Waals surface area contributed by atoms with Gasteiger partial charge in [-0.15, -0.1) is 0 Å². The van der Waals surface area contributed by atoms with Crippen molar-refractivity contribution in [3.63, 3.8) is 0 Å². The number of halogens is 2. The van der Waals surface area contributed by atoms with Gasteiger partial charge in [-0.1, -0.05) is 30.7 Å². The van der Waals surface area contributed by atoms with Crippen molar-refractivity contribution in [3.8, 4) is 0 Å². The first kappa shape index (κ1) is 14.4. The summed E-state index contributed by atoms with van der Waals surface area (Å²) < 4.78 is 18.6. The summed E-state index contributed by atoms with van der Waals surface area (Å²) in [5, 5.41) is 3.46. The van der Waals surface area contributed by atoms with Crippen LogP contribution in [0.1, 0.15) is 12.5 Å². The third kappa shape index (κ3) is 5.02. The van der Waals surface area contributed by atoms with Crippen LogP contribution in [0.2, 0.25) is 5.02 Å². The van der Waals surface area contributed by atoms with Crippen LogP contribution in [-0.2, 0) is 11.2 Å². The van der Waals surface area contributed by atoms with Gasteiger partial charge in [0.1, 0.15) is 5.82 Å². The van der Waals surface area contributed by atoms with Gasteiger partial charge < -0.3 is 10.1 Å². The fourth-order valence-corrected chi connectivity index (χ4v) is 1.87. The molecule has 0 bridgehead atoms. The first-order valence-corrected chi connectivity index (χ1v) is 6.15. The van der Waals surface area contributed by atoms with Gasteiger partial charge >= 0.3 is 0 Å². The average molecular weight is 260 g/mol. The molecule has 0 amide bonds. The maximum Gasteiger partial charge on any atom is 0.144 e. The number of benzene rings is 1. The van der Waals surface area contributed by atoms with Crippen molar-refractivity contribution in [1.29, 1.82) is 0 Å². The molecule has 0 saturated heterocycles. The molecule has 96 valence electrons. The lowest BCUT2D eigenvalue weighted by atomic mass is 10.0. The Morgan fingerprint density at radius 2 is 2.24 bits per heavy atom. The van der Waals surface area contributed by atoms with E-state index in [1.807, 2.05) is 0 Å². The van der Waals surface area contributed by atoms with Crippen molar-refractivity contribution in [3.05, 3.63) is 34.6 Å². The number of nitrogens with one attached hydrogen (secondary N) is 1. The minimum Gasteiger partial charge on any atom is -0.383 e. The van der Waals surface area contributed by atoms with E-state index in [4.69, 9.17) is 16.3 Å². The first-order chi connectivity index (χ1) is 8.15. The van der Waals surface area contributed by atoms with Crippen molar-refractivity contribution >= 4 is 11.6 Å². The van der Waals surface area contributed by atoms with Crippen LogP contribution >= 0.6 is 11.6 Å². The predicted molar refractivity (Wildman–Crippen MR) is 69.0 cm³/mol. The van der Waals surface area contributed by atoms with E-state index in [9.17, 15) is 4.39 Å². The Hall–Kier alpha value is -0.640. The Labute approximate surface area is 107 Å². The van der Waals surface area contributed by atoms with E-state index < -0.39 is 0 Å². The molecule has 17 heavy (non-hydrogen) atoms. The number of methoxy groups -OCH3 is 1. The summed E-state index contributed by atoms with van der Waals surface area (Å²) in [6.45, 7) is 4.44. The fraction of sp³-hybridized carbons (Fsp3) is 0.538. The molecule has 0 aliphatic carbocycles. The molecule has 1 unspecified atom stereocenters. The lowest BCUT2D eigenvalue weighted by molar-refractivity contribution is 0.198. The van der Waals surface area contributed by atoms with Crippen LogP contribution < -0.4 is 5.32 Å². The smallest absolute Gasteiger partial charge is 0.144 e. The molecule has 1 aromatic carbocycles. The zero-order valence-electron chi connectivity index (χ0n) is 10.3. The molecule has 0 aliphatic heterocycles. The van der Waals surface area contributed by atoms with Crippen molar-refractivity contribution < 1.29 is 9.13 Å². The topological polar surface area (TPSA) is 21.3 Å². The van der Waals surface area contributed by atoms with Gasteiger partial charge in [-0.25, -0.2) is 4.39 Å². The molecular weight excluding hydrogens is 241 g/mol. The predicted octanol–water partition coefficient (Wildman–Crippen LogP) is 2.89. The van der Waals surface area contributed by atoms with Gasteiger partial charge in [0.2, 0.25) is 0 Å². The van der Waals surface area contributed by atoms with E-state index in [2.05, 4.69) is 12.2 Å². The lowest BCUT2D eigenvalue weighted by Crippen LogP contribution is -2.26. The third-order valence-corrected chi connectivity index (χ3v) is 2.87. The number of hydrogen-bond donors (Lipinski definition) is 1. The Morgan fingerprint density at radius 1 is 1.47 bits per heavy atom. The second kappa shape index (κ2) is 7.64. The van der Waals surface area contributed by atoms with E-state index >= 15 is 0 Å². The summed E-state index contributed by atoms with van der Waals surface area (Å²) >= 11 is 5.74. The van der Waals surface area contributed by atoms with Gasteiger partial charge in [-0.2, -0.15) is 0 Å². The van der Waals surface area contributed by atoms with Crippen molar-refractivity contribution in [2.45, 2.75) is 13.3 Å². The largest absolute Gasteiger partial charge is 0.383 e. The highest BCUT2D eigenvalue weighted by molar-refractivity contribution is 6.30. The zero-order valence-corrected chi connectivity index (χ0v) is 11.1. The maximum atomic E-state index is 13.6. The molecule has 1 atom stereocenters. The van der Waals surface area contributed by atoms with Crippen LogP contribution in [0.15, 0.2) is 18.2 Å². The molecule has 1 N–H and O–H groups in total. The van der Waals surface area contributed by atoms with Crippen LogP contribution in [0.5, 0.6) is 0 Å². The normalized spacial score (nSPS) is 12.7. The molecule has 0 spiro atoms. The summed E-state index contributed by atoms with van der Waals surface area (Å²) in [5.74, 6) is 0.0673. The summed E-state index contributed by atoms with van der Waals surface area (Å²) in [6, 6.07) is 5.14. The molecule has 0 aliphatic rings. The maximum absolute atomic E-state index is 13.6. The molecule has 0 heterocycles. The van der Waals surface area contributed by atoms with Crippen LogP contribution in [0.4, 0.5) is 4.39 Å². The first-order valence-electron chi connectivity index (χ1n) is 5.77. The van der Waals surface area contributed by atoms with Crippen LogP contribution in [0.25, 0.3) is 0 Å². The lowest BCUT2D eigenvalue weighted by Gasteiger charge is -2.13. The SMILES string of the molecule is COCCNCC(C)Cc1cccc(Cl)c1F. The van der Waals surface area contributed by atoms with Gasteiger partial charge in [0, 0.05) is 13.7 Å². The molecule has 0 radical (unpaired) electrons. The highest BCUT2D eigenvalue weighted by Gasteiger charge is 2.09. The van der Waals surface area contributed by atoms with Gasteiger partial charge in [-0.05, 0) is 30.5 Å². The van der Waals surface area contributed by atoms with E-state index in [0.717, 1.165) is 13.1 Å². The van der Waals surface area contributed by atoms with Crippen LogP contribution in [0.3, 0.4) is 0 Å². The number of hydrogen-bond acceptors (Lipinski definition) is 2. The Kier molecular flexibility index (Phi) is 6.48. The summed E-state index contributed by atoms with van der Waals surface area (Å²) in [4.78, 5) is 0. The Balaban J connectivity index is 2.39. The van der Waals surface area contributed by atoms with E-state index in [1.54, 1.807) is 25.3 Å².